The number of hydrogen-bond acceptors (Lipinski definition) is 2. The molecule has 84 valence electrons. The number of nitrogens with two attached hydrogens (primary N) is 1. The van der Waals surface area contributed by atoms with Crippen molar-refractivity contribution in [2.24, 2.45) is 17.6 Å². The van der Waals surface area contributed by atoms with E-state index in [1.54, 1.807) is 0 Å². The molecule has 0 rings (SSSR count). The Hall–Kier alpha value is -0.570. The molecule has 1 unspecified atom stereocenters. The highest BCUT2D eigenvalue weighted by molar-refractivity contribution is 5.79. The molecule has 0 fully saturated rings. The maximum atomic E-state index is 12.0. The van der Waals surface area contributed by atoms with Crippen molar-refractivity contribution in [3.05, 3.63) is 0 Å². The van der Waals surface area contributed by atoms with Crippen LogP contribution >= 0.6 is 0 Å². The molecule has 3 nitrogen and oxygen atoms in total. The van der Waals surface area contributed by atoms with Crippen molar-refractivity contribution in [3.8, 4) is 0 Å². The summed E-state index contributed by atoms with van der Waals surface area (Å²) in [5.74, 6) is 0.534. The zero-order valence-electron chi connectivity index (χ0n) is 9.92. The summed E-state index contributed by atoms with van der Waals surface area (Å²) in [5.41, 5.74) is 5.62. The topological polar surface area (TPSA) is 46.3 Å². The molecule has 0 bridgehead atoms. The van der Waals surface area contributed by atoms with E-state index in [-0.39, 0.29) is 11.8 Å². The summed E-state index contributed by atoms with van der Waals surface area (Å²) in [6.07, 6.45) is 1.01. The molecule has 0 heterocycles. The summed E-state index contributed by atoms with van der Waals surface area (Å²) >= 11 is 0. The molecule has 0 aromatic rings. The van der Waals surface area contributed by atoms with E-state index < -0.39 is 0 Å². The number of rotatable bonds is 6. The van der Waals surface area contributed by atoms with E-state index in [2.05, 4.69) is 20.8 Å². The van der Waals surface area contributed by atoms with Crippen LogP contribution in [0.15, 0.2) is 0 Å². The summed E-state index contributed by atoms with van der Waals surface area (Å²) in [4.78, 5) is 13.9. The highest BCUT2D eigenvalue weighted by Gasteiger charge is 2.24. The first-order valence-electron chi connectivity index (χ1n) is 5.57. The second-order valence-corrected chi connectivity index (χ2v) is 4.00. The van der Waals surface area contributed by atoms with Gasteiger partial charge < -0.3 is 10.6 Å². The van der Waals surface area contributed by atoms with Gasteiger partial charge in [-0.3, -0.25) is 4.79 Å². The second-order valence-electron chi connectivity index (χ2n) is 4.00. The van der Waals surface area contributed by atoms with Crippen molar-refractivity contribution < 1.29 is 4.79 Å². The maximum Gasteiger partial charge on any atom is 0.227 e. The van der Waals surface area contributed by atoms with E-state index in [0.717, 1.165) is 19.5 Å². The molecule has 1 amide bonds. The summed E-state index contributed by atoms with van der Waals surface area (Å²) < 4.78 is 0. The lowest BCUT2D eigenvalue weighted by Crippen LogP contribution is -2.41. The molecule has 0 aromatic carbocycles. The van der Waals surface area contributed by atoms with Crippen molar-refractivity contribution >= 4 is 5.91 Å². The van der Waals surface area contributed by atoms with Crippen LogP contribution in [-0.4, -0.2) is 30.4 Å². The zero-order chi connectivity index (χ0) is 11.1. The average Bonchev–Trinajstić information content (AvgIpc) is 2.14. The first-order valence-corrected chi connectivity index (χ1v) is 5.57. The lowest BCUT2D eigenvalue weighted by Gasteiger charge is -2.27. The highest BCUT2D eigenvalue weighted by Crippen LogP contribution is 2.13. The molecule has 0 saturated carbocycles. The number of amides is 1. The van der Waals surface area contributed by atoms with Gasteiger partial charge >= 0.3 is 0 Å². The minimum Gasteiger partial charge on any atom is -0.343 e. The van der Waals surface area contributed by atoms with E-state index in [1.807, 2.05) is 11.8 Å². The van der Waals surface area contributed by atoms with Crippen molar-refractivity contribution in [2.45, 2.75) is 34.1 Å². The van der Waals surface area contributed by atoms with Gasteiger partial charge in [-0.1, -0.05) is 20.8 Å². The van der Waals surface area contributed by atoms with Gasteiger partial charge in [0.2, 0.25) is 5.91 Å². The molecule has 14 heavy (non-hydrogen) atoms. The van der Waals surface area contributed by atoms with Crippen LogP contribution < -0.4 is 5.73 Å². The van der Waals surface area contributed by atoms with Crippen LogP contribution in [0.4, 0.5) is 0 Å². The minimum atomic E-state index is -0.0125. The van der Waals surface area contributed by atoms with Gasteiger partial charge in [-0.25, -0.2) is 0 Å². The fourth-order valence-corrected chi connectivity index (χ4v) is 1.59. The Morgan fingerprint density at radius 3 is 2.21 bits per heavy atom. The van der Waals surface area contributed by atoms with Gasteiger partial charge in [0.05, 0.1) is 5.92 Å². The molecule has 0 aliphatic carbocycles. The highest BCUT2D eigenvalue weighted by atomic mass is 16.2. The third-order valence-corrected chi connectivity index (χ3v) is 2.56. The molecule has 0 spiro atoms. The standard InChI is InChI=1S/C11H24N2O/c1-5-7-13(6-2)11(14)10(8-12)9(3)4/h9-10H,5-8,12H2,1-4H3. The molecule has 0 radical (unpaired) electrons. The normalized spacial score (nSPS) is 13.0. The Morgan fingerprint density at radius 1 is 1.36 bits per heavy atom. The quantitative estimate of drug-likeness (QED) is 0.706. The first-order chi connectivity index (χ1) is 6.58. The molecule has 0 saturated heterocycles. The van der Waals surface area contributed by atoms with E-state index >= 15 is 0 Å². The summed E-state index contributed by atoms with van der Waals surface area (Å²) in [7, 11) is 0. The predicted molar refractivity (Wildman–Crippen MR) is 59.9 cm³/mol. The Kier molecular flexibility index (Phi) is 6.54. The third kappa shape index (κ3) is 3.66. The lowest BCUT2D eigenvalue weighted by atomic mass is 9.94. The van der Waals surface area contributed by atoms with Gasteiger partial charge in [0.15, 0.2) is 0 Å². The first kappa shape index (κ1) is 13.4. The number of carbonyl (C=O) groups is 1. The molecule has 2 N–H and O–H groups in total. The third-order valence-electron chi connectivity index (χ3n) is 2.56. The predicted octanol–water partition coefficient (Wildman–Crippen LogP) is 1.48. The minimum absolute atomic E-state index is 0.0125. The van der Waals surface area contributed by atoms with Crippen LogP contribution in [0.5, 0.6) is 0 Å². The second kappa shape index (κ2) is 6.82. The monoisotopic (exact) mass is 200 g/mol. The van der Waals surface area contributed by atoms with Crippen molar-refractivity contribution in [3.63, 3.8) is 0 Å². The Labute approximate surface area is 87.6 Å². The summed E-state index contributed by atoms with van der Waals surface area (Å²) in [5, 5.41) is 0. The Balaban J connectivity index is 4.37. The van der Waals surface area contributed by atoms with Gasteiger partial charge in [-0.05, 0) is 19.3 Å². The number of carbonyl (C=O) groups excluding carboxylic acids is 1. The van der Waals surface area contributed by atoms with Crippen LogP contribution in [0.3, 0.4) is 0 Å². The molecule has 3 heteroatoms. The Bertz CT molecular complexity index is 169. The van der Waals surface area contributed by atoms with Crippen molar-refractivity contribution in [1.29, 1.82) is 0 Å². The van der Waals surface area contributed by atoms with E-state index in [0.29, 0.717) is 12.5 Å². The summed E-state index contributed by atoms with van der Waals surface area (Å²) in [6, 6.07) is 0. The van der Waals surface area contributed by atoms with Crippen LogP contribution in [0.25, 0.3) is 0 Å². The van der Waals surface area contributed by atoms with Crippen molar-refractivity contribution in [1.82, 2.24) is 4.90 Å². The van der Waals surface area contributed by atoms with E-state index in [9.17, 15) is 4.79 Å². The number of nitrogens with zero attached hydrogens (tertiary/aromatic N) is 1. The zero-order valence-corrected chi connectivity index (χ0v) is 9.92. The molecule has 0 aliphatic heterocycles. The van der Waals surface area contributed by atoms with Crippen LogP contribution in [0.1, 0.15) is 34.1 Å². The van der Waals surface area contributed by atoms with Crippen LogP contribution in [0.2, 0.25) is 0 Å². The van der Waals surface area contributed by atoms with Crippen LogP contribution in [-0.2, 0) is 4.79 Å². The molecular weight excluding hydrogens is 176 g/mol. The fourth-order valence-electron chi connectivity index (χ4n) is 1.59. The van der Waals surface area contributed by atoms with Crippen LogP contribution in [0, 0.1) is 11.8 Å². The average molecular weight is 200 g/mol. The van der Waals surface area contributed by atoms with Gasteiger partial charge in [-0.15, -0.1) is 0 Å². The molecule has 0 aromatic heterocycles. The van der Waals surface area contributed by atoms with Gasteiger partial charge in [-0.2, -0.15) is 0 Å². The Morgan fingerprint density at radius 2 is 1.93 bits per heavy atom. The molecule has 1 atom stereocenters. The van der Waals surface area contributed by atoms with E-state index in [4.69, 9.17) is 5.73 Å². The van der Waals surface area contributed by atoms with E-state index in [1.165, 1.54) is 0 Å². The largest absolute Gasteiger partial charge is 0.343 e. The van der Waals surface area contributed by atoms with Gasteiger partial charge in [0.1, 0.15) is 0 Å². The lowest BCUT2D eigenvalue weighted by molar-refractivity contribution is -0.136. The number of hydrogen-bond donors (Lipinski definition) is 1. The smallest absolute Gasteiger partial charge is 0.227 e. The molecule has 0 aliphatic rings. The summed E-state index contributed by atoms with van der Waals surface area (Å²) in [6.45, 7) is 10.3. The van der Waals surface area contributed by atoms with Crippen molar-refractivity contribution in [2.75, 3.05) is 19.6 Å². The van der Waals surface area contributed by atoms with Gasteiger partial charge in [0, 0.05) is 19.6 Å². The SMILES string of the molecule is CCCN(CC)C(=O)C(CN)C(C)C. The maximum absolute atomic E-state index is 12.0. The molecular formula is C11H24N2O. The fraction of sp³-hybridized carbons (Fsp3) is 0.909. The van der Waals surface area contributed by atoms with Gasteiger partial charge in [0.25, 0.3) is 0 Å².